The highest BCUT2D eigenvalue weighted by molar-refractivity contribution is 6.30. The van der Waals surface area contributed by atoms with E-state index in [9.17, 15) is 9.90 Å². The summed E-state index contributed by atoms with van der Waals surface area (Å²) < 4.78 is 16.2. The number of ether oxygens (including phenoxy) is 2. The number of hydrogen-bond acceptors (Lipinski definition) is 4. The number of carboxylic acid groups (broad SMARTS) is 1. The summed E-state index contributed by atoms with van der Waals surface area (Å²) >= 11 is 5.82. The molecule has 6 heteroatoms. The van der Waals surface area contributed by atoms with Crippen molar-refractivity contribution in [1.82, 2.24) is 0 Å². The predicted octanol–water partition coefficient (Wildman–Crippen LogP) is 3.34. The summed E-state index contributed by atoms with van der Waals surface area (Å²) in [6.07, 6.45) is -0.762. The number of benzene rings is 1. The van der Waals surface area contributed by atoms with Crippen LogP contribution in [-0.4, -0.2) is 24.3 Å². The van der Waals surface area contributed by atoms with Crippen molar-refractivity contribution < 1.29 is 23.8 Å². The molecule has 0 atom stereocenters. The molecule has 1 saturated heterocycles. The molecule has 2 heterocycles. The number of rotatable bonds is 3. The average Bonchev–Trinajstić information content (AvgIpc) is 3.08. The number of furan rings is 1. The Balaban J connectivity index is 2.02. The van der Waals surface area contributed by atoms with Gasteiger partial charge in [0.2, 0.25) is 6.29 Å². The van der Waals surface area contributed by atoms with Crippen molar-refractivity contribution in [2.75, 3.05) is 13.2 Å². The van der Waals surface area contributed by atoms with E-state index in [-0.39, 0.29) is 11.3 Å². The Morgan fingerprint density at radius 1 is 1.20 bits per heavy atom. The van der Waals surface area contributed by atoms with Gasteiger partial charge in [-0.1, -0.05) is 11.6 Å². The molecule has 1 N–H and O–H groups in total. The van der Waals surface area contributed by atoms with Gasteiger partial charge in [-0.05, 0) is 30.3 Å². The molecule has 1 aromatic carbocycles. The van der Waals surface area contributed by atoms with Gasteiger partial charge in [0.25, 0.3) is 0 Å². The monoisotopic (exact) mass is 294 g/mol. The molecular weight excluding hydrogens is 284 g/mol. The van der Waals surface area contributed by atoms with Crippen LogP contribution in [0.15, 0.2) is 34.7 Å². The lowest BCUT2D eigenvalue weighted by molar-refractivity contribution is -0.0592. The number of aromatic carboxylic acids is 1. The van der Waals surface area contributed by atoms with E-state index in [1.165, 1.54) is 6.07 Å². The first-order chi connectivity index (χ1) is 9.65. The van der Waals surface area contributed by atoms with Gasteiger partial charge in [-0.25, -0.2) is 4.79 Å². The van der Waals surface area contributed by atoms with Crippen LogP contribution in [0.25, 0.3) is 11.3 Å². The van der Waals surface area contributed by atoms with Crippen LogP contribution < -0.4 is 0 Å². The summed E-state index contributed by atoms with van der Waals surface area (Å²) in [5.74, 6) is -0.462. The van der Waals surface area contributed by atoms with Gasteiger partial charge in [0.1, 0.15) is 11.3 Å². The van der Waals surface area contributed by atoms with Crippen LogP contribution in [0.4, 0.5) is 0 Å². The molecule has 0 saturated carbocycles. The first-order valence-electron chi connectivity index (χ1n) is 6.01. The highest BCUT2D eigenvalue weighted by Crippen LogP contribution is 2.33. The molecule has 104 valence electrons. The molecule has 1 aliphatic rings. The van der Waals surface area contributed by atoms with Crippen LogP contribution in [-0.2, 0) is 9.47 Å². The molecule has 1 aromatic heterocycles. The van der Waals surface area contributed by atoms with Gasteiger partial charge < -0.3 is 19.0 Å². The third-order valence-electron chi connectivity index (χ3n) is 2.96. The Morgan fingerprint density at radius 2 is 1.85 bits per heavy atom. The van der Waals surface area contributed by atoms with Crippen LogP contribution in [0.2, 0.25) is 5.02 Å². The van der Waals surface area contributed by atoms with Crippen LogP contribution in [0.1, 0.15) is 22.4 Å². The maximum Gasteiger partial charge on any atom is 0.339 e. The lowest BCUT2D eigenvalue weighted by Crippen LogP contribution is -2.04. The average molecular weight is 295 g/mol. The smallest absolute Gasteiger partial charge is 0.339 e. The van der Waals surface area contributed by atoms with Gasteiger partial charge in [0.05, 0.1) is 13.2 Å². The first kappa shape index (κ1) is 13.2. The zero-order valence-electron chi connectivity index (χ0n) is 10.3. The molecule has 0 aliphatic carbocycles. The molecule has 3 rings (SSSR count). The minimum Gasteiger partial charge on any atom is -0.478 e. The molecule has 0 bridgehead atoms. The van der Waals surface area contributed by atoms with E-state index in [1.54, 1.807) is 24.3 Å². The van der Waals surface area contributed by atoms with Gasteiger partial charge >= 0.3 is 5.97 Å². The predicted molar refractivity (Wildman–Crippen MR) is 70.8 cm³/mol. The number of carbonyl (C=O) groups is 1. The van der Waals surface area contributed by atoms with E-state index < -0.39 is 12.3 Å². The van der Waals surface area contributed by atoms with E-state index >= 15 is 0 Å². The Bertz CT molecular complexity index is 626. The Kier molecular flexibility index (Phi) is 3.48. The highest BCUT2D eigenvalue weighted by Gasteiger charge is 2.29. The molecule has 5 nitrogen and oxygen atoms in total. The second-order valence-electron chi connectivity index (χ2n) is 4.27. The standard InChI is InChI=1S/C14H11ClO5/c15-9-3-1-8(2-4-9)11-7-10(13(16)17)12(20-11)14-18-5-6-19-14/h1-4,7,14H,5-6H2,(H,16,17). The molecule has 0 radical (unpaired) electrons. The second-order valence-corrected chi connectivity index (χ2v) is 4.71. The minimum absolute atomic E-state index is 0.0434. The maximum absolute atomic E-state index is 11.3. The Labute approximate surface area is 119 Å². The lowest BCUT2D eigenvalue weighted by Gasteiger charge is -2.06. The van der Waals surface area contributed by atoms with Gasteiger partial charge in [-0.3, -0.25) is 0 Å². The van der Waals surface area contributed by atoms with Crippen LogP contribution >= 0.6 is 11.6 Å². The first-order valence-corrected chi connectivity index (χ1v) is 6.39. The third-order valence-corrected chi connectivity index (χ3v) is 3.21. The van der Waals surface area contributed by atoms with Crippen molar-refractivity contribution in [3.8, 4) is 11.3 Å². The van der Waals surface area contributed by atoms with Crippen molar-refractivity contribution >= 4 is 17.6 Å². The Hall–Kier alpha value is -1.82. The van der Waals surface area contributed by atoms with Crippen LogP contribution in [0.5, 0.6) is 0 Å². The summed E-state index contributed by atoms with van der Waals surface area (Å²) in [6.45, 7) is 0.835. The van der Waals surface area contributed by atoms with Crippen molar-refractivity contribution in [2.24, 2.45) is 0 Å². The summed E-state index contributed by atoms with van der Waals surface area (Å²) in [7, 11) is 0. The maximum atomic E-state index is 11.3. The molecule has 0 spiro atoms. The zero-order valence-corrected chi connectivity index (χ0v) is 11.1. The van der Waals surface area contributed by atoms with Crippen molar-refractivity contribution in [1.29, 1.82) is 0 Å². The molecule has 1 fully saturated rings. The van der Waals surface area contributed by atoms with E-state index in [0.29, 0.717) is 24.0 Å². The van der Waals surface area contributed by atoms with E-state index in [4.69, 9.17) is 25.5 Å². The highest BCUT2D eigenvalue weighted by atomic mass is 35.5. The fourth-order valence-corrected chi connectivity index (χ4v) is 2.14. The number of halogens is 1. The SMILES string of the molecule is O=C(O)c1cc(-c2ccc(Cl)cc2)oc1C1OCCO1. The van der Waals surface area contributed by atoms with Gasteiger partial charge in [-0.2, -0.15) is 0 Å². The van der Waals surface area contributed by atoms with Gasteiger partial charge in [0.15, 0.2) is 5.76 Å². The molecule has 0 amide bonds. The quantitative estimate of drug-likeness (QED) is 0.940. The summed E-state index contributed by atoms with van der Waals surface area (Å²) in [5, 5.41) is 9.84. The number of hydrogen-bond donors (Lipinski definition) is 1. The Morgan fingerprint density at radius 3 is 2.45 bits per heavy atom. The zero-order chi connectivity index (χ0) is 14.1. The lowest BCUT2D eigenvalue weighted by atomic mass is 10.1. The fraction of sp³-hybridized carbons (Fsp3) is 0.214. The second kappa shape index (κ2) is 5.28. The van der Waals surface area contributed by atoms with Gasteiger partial charge in [0, 0.05) is 10.6 Å². The van der Waals surface area contributed by atoms with Crippen molar-refractivity contribution in [3.63, 3.8) is 0 Å². The van der Waals surface area contributed by atoms with E-state index in [2.05, 4.69) is 0 Å². The van der Waals surface area contributed by atoms with Crippen LogP contribution in [0, 0.1) is 0 Å². The molecule has 20 heavy (non-hydrogen) atoms. The fourth-order valence-electron chi connectivity index (χ4n) is 2.01. The number of carboxylic acids is 1. The van der Waals surface area contributed by atoms with E-state index in [0.717, 1.165) is 5.56 Å². The van der Waals surface area contributed by atoms with Gasteiger partial charge in [-0.15, -0.1) is 0 Å². The summed E-state index contributed by atoms with van der Waals surface area (Å²) in [5.41, 5.74) is 0.781. The van der Waals surface area contributed by atoms with Crippen molar-refractivity contribution in [2.45, 2.75) is 6.29 Å². The largest absolute Gasteiger partial charge is 0.478 e. The summed E-state index contributed by atoms with van der Waals surface area (Å²) in [6, 6.07) is 8.40. The molecule has 2 aromatic rings. The topological polar surface area (TPSA) is 68.9 Å². The normalized spacial score (nSPS) is 15.7. The third kappa shape index (κ3) is 2.43. The summed E-state index contributed by atoms with van der Waals surface area (Å²) in [4.78, 5) is 11.3. The van der Waals surface area contributed by atoms with E-state index in [1.807, 2.05) is 0 Å². The van der Waals surface area contributed by atoms with Crippen LogP contribution in [0.3, 0.4) is 0 Å². The van der Waals surface area contributed by atoms with Crippen molar-refractivity contribution in [3.05, 3.63) is 46.7 Å². The minimum atomic E-state index is -1.08. The molecule has 1 aliphatic heterocycles. The molecular formula is C14H11ClO5. The molecule has 0 unspecified atom stereocenters.